The topological polar surface area (TPSA) is 90.0 Å². The summed E-state index contributed by atoms with van der Waals surface area (Å²) in [5, 5.41) is -0.615. The third kappa shape index (κ3) is 5.53. The van der Waals surface area contributed by atoms with E-state index in [1.54, 1.807) is 20.8 Å². The maximum absolute atomic E-state index is 12.0. The number of esters is 1. The summed E-state index contributed by atoms with van der Waals surface area (Å²) < 4.78 is 33.7. The van der Waals surface area contributed by atoms with Gasteiger partial charge in [0.05, 0.1) is 12.4 Å². The molecular formula is C13H23NO6S. The van der Waals surface area contributed by atoms with Gasteiger partial charge < -0.3 is 14.4 Å². The molecule has 8 heteroatoms. The zero-order chi connectivity index (χ0) is 16.3. The Morgan fingerprint density at radius 3 is 2.14 bits per heavy atom. The van der Waals surface area contributed by atoms with E-state index in [-0.39, 0.29) is 0 Å². The molecule has 122 valence electrons. The van der Waals surface area contributed by atoms with Crippen molar-refractivity contribution in [3.8, 4) is 0 Å². The Bertz CT molecular complexity index is 485. The number of nitrogens with zero attached hydrogens (tertiary/aromatic N) is 1. The van der Waals surface area contributed by atoms with E-state index in [0.717, 1.165) is 7.11 Å². The van der Waals surface area contributed by atoms with E-state index in [4.69, 9.17) is 4.74 Å². The SMILES string of the molecule is COC(=O)CS(=O)(=O)C1CCN(C(=O)OC(C)(C)C)CC1. The van der Waals surface area contributed by atoms with Crippen LogP contribution >= 0.6 is 0 Å². The minimum atomic E-state index is -3.53. The summed E-state index contributed by atoms with van der Waals surface area (Å²) in [6, 6.07) is 0. The summed E-state index contributed by atoms with van der Waals surface area (Å²) in [6.07, 6.45) is 0.170. The normalized spacial score (nSPS) is 17.4. The van der Waals surface area contributed by atoms with Crippen molar-refractivity contribution in [2.75, 3.05) is 26.0 Å². The Morgan fingerprint density at radius 1 is 1.19 bits per heavy atom. The first kappa shape index (κ1) is 17.7. The maximum atomic E-state index is 12.0. The van der Waals surface area contributed by atoms with Crippen LogP contribution in [0.1, 0.15) is 33.6 Å². The Labute approximate surface area is 125 Å². The highest BCUT2D eigenvalue weighted by Gasteiger charge is 2.34. The lowest BCUT2D eigenvalue weighted by Crippen LogP contribution is -2.45. The average molecular weight is 321 g/mol. The van der Waals surface area contributed by atoms with Crippen molar-refractivity contribution in [1.29, 1.82) is 0 Å². The molecule has 1 aliphatic heterocycles. The van der Waals surface area contributed by atoms with Crippen LogP contribution in [0.25, 0.3) is 0 Å². The quantitative estimate of drug-likeness (QED) is 0.720. The first-order valence-electron chi connectivity index (χ1n) is 6.81. The van der Waals surface area contributed by atoms with Gasteiger partial charge in [-0.05, 0) is 33.6 Å². The van der Waals surface area contributed by atoms with Crippen molar-refractivity contribution in [2.24, 2.45) is 0 Å². The van der Waals surface area contributed by atoms with Gasteiger partial charge in [0.1, 0.15) is 11.4 Å². The van der Waals surface area contributed by atoms with Crippen LogP contribution in [-0.4, -0.2) is 62.2 Å². The average Bonchev–Trinajstić information content (AvgIpc) is 2.36. The monoisotopic (exact) mass is 321 g/mol. The molecule has 0 aromatic heterocycles. The van der Waals surface area contributed by atoms with Crippen LogP contribution in [0.15, 0.2) is 0 Å². The van der Waals surface area contributed by atoms with Crippen LogP contribution in [0.5, 0.6) is 0 Å². The Hall–Kier alpha value is -1.31. The molecule has 1 amide bonds. The summed E-state index contributed by atoms with van der Waals surface area (Å²) in [6.45, 7) is 5.94. The van der Waals surface area contributed by atoms with Crippen LogP contribution in [0.4, 0.5) is 4.79 Å². The number of rotatable bonds is 3. The molecule has 1 rings (SSSR count). The van der Waals surface area contributed by atoms with E-state index < -0.39 is 38.5 Å². The third-order valence-electron chi connectivity index (χ3n) is 3.15. The standard InChI is InChI=1S/C13H23NO6S/c1-13(2,3)20-12(16)14-7-5-10(6-8-14)21(17,18)9-11(15)19-4/h10H,5-9H2,1-4H3. The van der Waals surface area contributed by atoms with Gasteiger partial charge in [0.15, 0.2) is 9.84 Å². The van der Waals surface area contributed by atoms with Crippen molar-refractivity contribution < 1.29 is 27.5 Å². The summed E-state index contributed by atoms with van der Waals surface area (Å²) in [4.78, 5) is 24.5. The number of piperidine rings is 1. The van der Waals surface area contributed by atoms with Gasteiger partial charge in [-0.1, -0.05) is 0 Å². The Balaban J connectivity index is 2.56. The van der Waals surface area contributed by atoms with E-state index in [9.17, 15) is 18.0 Å². The maximum Gasteiger partial charge on any atom is 0.410 e. The molecule has 0 N–H and O–H groups in total. The summed E-state index contributed by atoms with van der Waals surface area (Å²) in [5.74, 6) is -1.37. The molecule has 21 heavy (non-hydrogen) atoms. The number of sulfone groups is 1. The van der Waals surface area contributed by atoms with Gasteiger partial charge in [-0.15, -0.1) is 0 Å². The van der Waals surface area contributed by atoms with E-state index in [1.165, 1.54) is 4.90 Å². The summed E-state index contributed by atoms with van der Waals surface area (Å²) >= 11 is 0. The molecule has 0 aromatic carbocycles. The zero-order valence-electron chi connectivity index (χ0n) is 12.9. The third-order valence-corrected chi connectivity index (χ3v) is 5.27. The number of amides is 1. The van der Waals surface area contributed by atoms with E-state index in [1.807, 2.05) is 0 Å². The molecule has 0 saturated carbocycles. The van der Waals surface area contributed by atoms with E-state index in [0.29, 0.717) is 25.9 Å². The lowest BCUT2D eigenvalue weighted by Gasteiger charge is -2.33. The van der Waals surface area contributed by atoms with Crippen molar-refractivity contribution in [2.45, 2.75) is 44.5 Å². The highest BCUT2D eigenvalue weighted by molar-refractivity contribution is 7.92. The molecule has 1 heterocycles. The lowest BCUT2D eigenvalue weighted by molar-refractivity contribution is -0.137. The van der Waals surface area contributed by atoms with Crippen LogP contribution in [0.2, 0.25) is 0 Å². The molecule has 0 aromatic rings. The van der Waals surface area contributed by atoms with E-state index in [2.05, 4.69) is 4.74 Å². The number of likely N-dealkylation sites (tertiary alicyclic amines) is 1. The minimum Gasteiger partial charge on any atom is -0.468 e. The predicted octanol–water partition coefficient (Wildman–Crippen LogP) is 0.974. The zero-order valence-corrected chi connectivity index (χ0v) is 13.7. The van der Waals surface area contributed by atoms with Crippen LogP contribution in [0, 0.1) is 0 Å². The van der Waals surface area contributed by atoms with Crippen LogP contribution in [0.3, 0.4) is 0 Å². The van der Waals surface area contributed by atoms with Gasteiger partial charge in [0, 0.05) is 13.1 Å². The van der Waals surface area contributed by atoms with Gasteiger partial charge in [-0.3, -0.25) is 4.79 Å². The number of ether oxygens (including phenoxy) is 2. The molecule has 1 saturated heterocycles. The highest BCUT2D eigenvalue weighted by Crippen LogP contribution is 2.20. The summed E-state index contributed by atoms with van der Waals surface area (Å²) in [7, 11) is -2.38. The molecule has 0 radical (unpaired) electrons. The largest absolute Gasteiger partial charge is 0.468 e. The second-order valence-corrected chi connectivity index (χ2v) is 8.33. The molecule has 1 fully saturated rings. The van der Waals surface area contributed by atoms with Gasteiger partial charge in [0.25, 0.3) is 0 Å². The first-order chi connectivity index (χ1) is 9.55. The van der Waals surface area contributed by atoms with Gasteiger partial charge in [-0.25, -0.2) is 13.2 Å². The molecule has 7 nitrogen and oxygen atoms in total. The van der Waals surface area contributed by atoms with E-state index >= 15 is 0 Å². The predicted molar refractivity (Wildman–Crippen MR) is 76.6 cm³/mol. The van der Waals surface area contributed by atoms with Gasteiger partial charge >= 0.3 is 12.1 Å². The molecule has 0 unspecified atom stereocenters. The van der Waals surface area contributed by atoms with Crippen LogP contribution in [-0.2, 0) is 24.1 Å². The number of methoxy groups -OCH3 is 1. The van der Waals surface area contributed by atoms with Crippen molar-refractivity contribution in [3.63, 3.8) is 0 Å². The number of carbonyl (C=O) groups excluding carboxylic acids is 2. The second-order valence-electron chi connectivity index (χ2n) is 6.05. The molecular weight excluding hydrogens is 298 g/mol. The lowest BCUT2D eigenvalue weighted by atomic mass is 10.1. The first-order valence-corrected chi connectivity index (χ1v) is 8.53. The van der Waals surface area contributed by atoms with Crippen molar-refractivity contribution in [1.82, 2.24) is 4.90 Å². The molecule has 1 aliphatic rings. The number of hydrogen-bond donors (Lipinski definition) is 0. The molecule has 0 aliphatic carbocycles. The fourth-order valence-electron chi connectivity index (χ4n) is 2.07. The second kappa shape index (κ2) is 6.64. The number of hydrogen-bond acceptors (Lipinski definition) is 6. The fraction of sp³-hybridized carbons (Fsp3) is 0.846. The molecule has 0 bridgehead atoms. The Kier molecular flexibility index (Phi) is 5.61. The molecule has 0 spiro atoms. The Morgan fingerprint density at radius 2 is 1.71 bits per heavy atom. The highest BCUT2D eigenvalue weighted by atomic mass is 32.2. The number of carbonyl (C=O) groups is 2. The van der Waals surface area contributed by atoms with Crippen molar-refractivity contribution >= 4 is 21.9 Å². The fourth-order valence-corrected chi connectivity index (χ4v) is 3.68. The van der Waals surface area contributed by atoms with Crippen LogP contribution < -0.4 is 0 Å². The van der Waals surface area contributed by atoms with Crippen molar-refractivity contribution in [3.05, 3.63) is 0 Å². The smallest absolute Gasteiger partial charge is 0.410 e. The summed E-state index contributed by atoms with van der Waals surface area (Å²) in [5.41, 5.74) is -0.578. The van der Waals surface area contributed by atoms with Gasteiger partial charge in [0.2, 0.25) is 0 Å². The molecule has 0 atom stereocenters. The minimum absolute atomic E-state index is 0.304. The van der Waals surface area contributed by atoms with Gasteiger partial charge in [-0.2, -0.15) is 0 Å².